The molecule has 2 heteroatoms. The van der Waals surface area contributed by atoms with E-state index in [1.54, 1.807) is 0 Å². The molecule has 1 aliphatic carbocycles. The first-order valence-corrected chi connectivity index (χ1v) is 5.15. The molecule has 0 bridgehead atoms. The lowest BCUT2D eigenvalue weighted by Crippen LogP contribution is -2.52. The molecule has 0 aromatic rings. The molecule has 14 heavy (non-hydrogen) atoms. The number of allylic oxidation sites excluding steroid dienone is 2. The molecule has 0 radical (unpaired) electrons. The molecule has 0 aromatic carbocycles. The molecule has 76 valence electrons. The van der Waals surface area contributed by atoms with E-state index in [4.69, 9.17) is 0 Å². The van der Waals surface area contributed by atoms with E-state index in [9.17, 15) is 4.79 Å². The Bertz CT molecular complexity index is 325. The Morgan fingerprint density at radius 3 is 2.93 bits per heavy atom. The molecule has 2 unspecified atom stereocenters. The van der Waals surface area contributed by atoms with Gasteiger partial charge in [-0.3, -0.25) is 4.79 Å². The molecule has 1 aliphatic heterocycles. The van der Waals surface area contributed by atoms with Crippen molar-refractivity contribution in [1.82, 2.24) is 5.32 Å². The number of hydrogen-bond donors (Lipinski definition) is 1. The Kier molecular flexibility index (Phi) is 2.02. The summed E-state index contributed by atoms with van der Waals surface area (Å²) < 4.78 is 0. The van der Waals surface area contributed by atoms with Crippen molar-refractivity contribution in [2.75, 3.05) is 0 Å². The molecule has 0 spiro atoms. The topological polar surface area (TPSA) is 29.1 Å². The zero-order valence-corrected chi connectivity index (χ0v) is 9.00. The molecule has 2 rings (SSSR count). The first kappa shape index (κ1) is 9.50. The highest BCUT2D eigenvalue weighted by molar-refractivity contribution is 5.78. The van der Waals surface area contributed by atoms with Gasteiger partial charge in [-0.2, -0.15) is 0 Å². The highest BCUT2D eigenvalue weighted by atomic mass is 16.1. The Hall–Kier alpha value is -1.05. The quantitative estimate of drug-likeness (QED) is 0.623. The van der Waals surface area contributed by atoms with Crippen LogP contribution in [0.1, 0.15) is 27.2 Å². The molecule has 0 aromatic heterocycles. The van der Waals surface area contributed by atoms with E-state index in [1.807, 2.05) is 0 Å². The van der Waals surface area contributed by atoms with Gasteiger partial charge in [0.05, 0.1) is 6.04 Å². The third-order valence-corrected chi connectivity index (χ3v) is 3.24. The molecule has 2 nitrogen and oxygen atoms in total. The van der Waals surface area contributed by atoms with Crippen LogP contribution in [0.3, 0.4) is 0 Å². The highest BCUT2D eigenvalue weighted by Crippen LogP contribution is 2.39. The fourth-order valence-electron chi connectivity index (χ4n) is 2.44. The summed E-state index contributed by atoms with van der Waals surface area (Å²) in [5.41, 5.74) is 1.38. The van der Waals surface area contributed by atoms with Crippen LogP contribution in [0.4, 0.5) is 0 Å². The number of fused-ring (bicyclic) bond motifs is 1. The van der Waals surface area contributed by atoms with Gasteiger partial charge in [0.1, 0.15) is 0 Å². The van der Waals surface area contributed by atoms with E-state index in [0.717, 1.165) is 0 Å². The van der Waals surface area contributed by atoms with Crippen LogP contribution >= 0.6 is 0 Å². The van der Waals surface area contributed by atoms with E-state index < -0.39 is 0 Å². The second kappa shape index (κ2) is 2.97. The Balaban J connectivity index is 2.32. The van der Waals surface area contributed by atoms with Gasteiger partial charge < -0.3 is 5.32 Å². The van der Waals surface area contributed by atoms with Gasteiger partial charge in [0, 0.05) is 12.3 Å². The van der Waals surface area contributed by atoms with Gasteiger partial charge >= 0.3 is 0 Å². The van der Waals surface area contributed by atoms with Crippen molar-refractivity contribution < 1.29 is 4.79 Å². The normalized spacial score (nSPS) is 34.5. The van der Waals surface area contributed by atoms with E-state index in [2.05, 4.69) is 44.3 Å². The summed E-state index contributed by atoms with van der Waals surface area (Å²) in [5.74, 6) is 0.624. The fraction of sp³-hybridized carbons (Fsp3) is 0.583. The highest BCUT2D eigenvalue weighted by Gasteiger charge is 2.40. The summed E-state index contributed by atoms with van der Waals surface area (Å²) in [6.45, 7) is 6.46. The summed E-state index contributed by atoms with van der Waals surface area (Å²) in [6.07, 6.45) is 7.11. The van der Waals surface area contributed by atoms with Gasteiger partial charge in [-0.25, -0.2) is 0 Å². The van der Waals surface area contributed by atoms with Crippen LogP contribution in [0.2, 0.25) is 0 Å². The van der Waals surface area contributed by atoms with Crippen molar-refractivity contribution in [2.24, 2.45) is 11.3 Å². The minimum Gasteiger partial charge on any atom is -0.349 e. The molecule has 0 saturated carbocycles. The van der Waals surface area contributed by atoms with E-state index in [-0.39, 0.29) is 17.4 Å². The largest absolute Gasteiger partial charge is 0.349 e. The third-order valence-electron chi connectivity index (χ3n) is 3.24. The van der Waals surface area contributed by atoms with Gasteiger partial charge in [0.2, 0.25) is 5.91 Å². The molecular formula is C12H17NO. The van der Waals surface area contributed by atoms with Crippen LogP contribution in [-0.4, -0.2) is 11.9 Å². The lowest BCUT2D eigenvalue weighted by Gasteiger charge is -2.43. The van der Waals surface area contributed by atoms with E-state index in [0.29, 0.717) is 12.3 Å². The first-order chi connectivity index (χ1) is 6.49. The molecule has 2 aliphatic rings. The van der Waals surface area contributed by atoms with Crippen LogP contribution in [0.25, 0.3) is 0 Å². The second-order valence-corrected chi connectivity index (χ2v) is 5.05. The van der Waals surface area contributed by atoms with Crippen LogP contribution < -0.4 is 5.32 Å². The Morgan fingerprint density at radius 2 is 2.21 bits per heavy atom. The monoisotopic (exact) mass is 191 g/mol. The Labute approximate surface area is 85.1 Å². The third kappa shape index (κ3) is 1.49. The maximum absolute atomic E-state index is 11.4. The van der Waals surface area contributed by atoms with Crippen molar-refractivity contribution in [3.63, 3.8) is 0 Å². The van der Waals surface area contributed by atoms with Gasteiger partial charge in [-0.05, 0) is 12.3 Å². The maximum atomic E-state index is 11.4. The van der Waals surface area contributed by atoms with Crippen molar-refractivity contribution in [2.45, 2.75) is 33.2 Å². The number of nitrogens with one attached hydrogen (secondary N) is 1. The summed E-state index contributed by atoms with van der Waals surface area (Å²) >= 11 is 0. The van der Waals surface area contributed by atoms with Gasteiger partial charge in [0.15, 0.2) is 0 Å². The molecule has 2 atom stereocenters. The minimum absolute atomic E-state index is 0.0824. The average Bonchev–Trinajstić information content (AvgIpc) is 2.05. The lowest BCUT2D eigenvalue weighted by atomic mass is 9.68. The maximum Gasteiger partial charge on any atom is 0.221 e. The molecule has 1 amide bonds. The standard InChI is InChI=1S/C12H17NO/c1-8-4-5-10-9(6-8)12(2,3)7-11(14)13-10/h4-6,9-10H,7H2,1-3H3,(H,13,14). The molecule has 1 heterocycles. The zero-order chi connectivity index (χ0) is 10.3. The summed E-state index contributed by atoms with van der Waals surface area (Å²) in [4.78, 5) is 11.4. The number of carbonyl (C=O) groups excluding carboxylic acids is 1. The number of hydrogen-bond acceptors (Lipinski definition) is 1. The van der Waals surface area contributed by atoms with Crippen molar-refractivity contribution >= 4 is 5.91 Å². The predicted molar refractivity (Wildman–Crippen MR) is 56.7 cm³/mol. The number of amides is 1. The van der Waals surface area contributed by atoms with Crippen LogP contribution in [0.5, 0.6) is 0 Å². The lowest BCUT2D eigenvalue weighted by molar-refractivity contribution is -0.127. The molecule has 1 N–H and O–H groups in total. The van der Waals surface area contributed by atoms with Crippen molar-refractivity contribution in [3.05, 3.63) is 23.8 Å². The van der Waals surface area contributed by atoms with Gasteiger partial charge in [0.25, 0.3) is 0 Å². The van der Waals surface area contributed by atoms with Crippen LogP contribution in [0.15, 0.2) is 23.8 Å². The molecule has 1 fully saturated rings. The van der Waals surface area contributed by atoms with Crippen LogP contribution in [-0.2, 0) is 4.79 Å². The summed E-state index contributed by atoms with van der Waals surface area (Å²) in [7, 11) is 0. The zero-order valence-electron chi connectivity index (χ0n) is 9.00. The predicted octanol–water partition coefficient (Wildman–Crippen LogP) is 2.03. The number of rotatable bonds is 0. The van der Waals surface area contributed by atoms with Gasteiger partial charge in [-0.1, -0.05) is 37.6 Å². The Morgan fingerprint density at radius 1 is 1.50 bits per heavy atom. The summed E-state index contributed by atoms with van der Waals surface area (Å²) in [6, 6.07) is 0.204. The van der Waals surface area contributed by atoms with Crippen molar-refractivity contribution in [1.29, 1.82) is 0 Å². The average molecular weight is 191 g/mol. The molecule has 1 saturated heterocycles. The smallest absolute Gasteiger partial charge is 0.221 e. The summed E-state index contributed by atoms with van der Waals surface area (Å²) in [5, 5.41) is 3.02. The second-order valence-electron chi connectivity index (χ2n) is 5.05. The van der Waals surface area contributed by atoms with E-state index in [1.165, 1.54) is 5.57 Å². The minimum atomic E-state index is 0.0824. The van der Waals surface area contributed by atoms with Gasteiger partial charge in [-0.15, -0.1) is 0 Å². The SMILES string of the molecule is CC1=CC2C(C=C1)NC(=O)CC2(C)C. The number of carbonyl (C=O) groups is 1. The number of piperidine rings is 1. The van der Waals surface area contributed by atoms with E-state index >= 15 is 0 Å². The fourth-order valence-corrected chi connectivity index (χ4v) is 2.44. The van der Waals surface area contributed by atoms with Crippen molar-refractivity contribution in [3.8, 4) is 0 Å². The first-order valence-electron chi connectivity index (χ1n) is 5.15. The molecular weight excluding hydrogens is 174 g/mol. The van der Waals surface area contributed by atoms with Crippen LogP contribution in [0, 0.1) is 11.3 Å².